The lowest BCUT2D eigenvalue weighted by molar-refractivity contribution is -0.162. The summed E-state index contributed by atoms with van der Waals surface area (Å²) in [5.41, 5.74) is -0.529. The first-order chi connectivity index (χ1) is 15.9. The molecule has 1 aromatic carbocycles. The number of thioether (sulfide) groups is 1. The van der Waals surface area contributed by atoms with Gasteiger partial charge in [0.2, 0.25) is 11.1 Å². The van der Waals surface area contributed by atoms with E-state index < -0.39 is 29.6 Å². The van der Waals surface area contributed by atoms with E-state index in [1.54, 1.807) is 47.8 Å². The lowest BCUT2D eigenvalue weighted by Gasteiger charge is -2.30. The summed E-state index contributed by atoms with van der Waals surface area (Å²) in [6, 6.07) is 8.93. The topological polar surface area (TPSA) is 135 Å². The Kier molecular flexibility index (Phi) is 5.52. The normalized spacial score (nSPS) is 26.5. The molecule has 0 saturated carbocycles. The van der Waals surface area contributed by atoms with Crippen LogP contribution in [0.4, 0.5) is 5.95 Å². The Morgan fingerprint density at radius 1 is 1.42 bits per heavy atom. The summed E-state index contributed by atoms with van der Waals surface area (Å²) in [4.78, 5) is 42.0. The van der Waals surface area contributed by atoms with Gasteiger partial charge in [0.15, 0.2) is 17.4 Å². The van der Waals surface area contributed by atoms with E-state index >= 15 is 0 Å². The molecule has 0 spiro atoms. The zero-order chi connectivity index (χ0) is 23.2. The number of fused-ring (bicyclic) bond motifs is 3. The van der Waals surface area contributed by atoms with Crippen molar-refractivity contribution in [3.05, 3.63) is 52.6 Å². The zero-order valence-corrected chi connectivity index (χ0v) is 18.7. The number of aromatic amines is 1. The van der Waals surface area contributed by atoms with Gasteiger partial charge in [-0.2, -0.15) is 4.98 Å². The minimum Gasteiger partial charge on any atom is -0.387 e. The number of hydrogen-bond acceptors (Lipinski definition) is 9. The third-order valence-corrected chi connectivity index (χ3v) is 6.70. The molecule has 33 heavy (non-hydrogen) atoms. The lowest BCUT2D eigenvalue weighted by atomic mass is 10.0. The van der Waals surface area contributed by atoms with Gasteiger partial charge in [-0.25, -0.2) is 9.98 Å². The van der Waals surface area contributed by atoms with E-state index in [-0.39, 0.29) is 34.6 Å². The minimum absolute atomic E-state index is 0.114. The number of aliphatic hydroxyl groups is 1. The molecule has 2 N–H and O–H groups in total. The van der Waals surface area contributed by atoms with Crippen LogP contribution in [-0.4, -0.2) is 85.2 Å². The maximum atomic E-state index is 12.6. The van der Waals surface area contributed by atoms with Crippen LogP contribution in [0.5, 0.6) is 0 Å². The molecule has 4 atom stereocenters. The van der Waals surface area contributed by atoms with Gasteiger partial charge < -0.3 is 19.5 Å². The lowest BCUT2D eigenvalue weighted by Crippen LogP contribution is -2.43. The molecule has 2 aliphatic rings. The zero-order valence-electron chi connectivity index (χ0n) is 17.9. The van der Waals surface area contributed by atoms with Gasteiger partial charge in [0.25, 0.3) is 5.56 Å². The van der Waals surface area contributed by atoms with Crippen molar-refractivity contribution in [3.63, 3.8) is 0 Å². The number of aliphatic hydroxyl groups excluding tert-OH is 1. The van der Waals surface area contributed by atoms with Gasteiger partial charge in [-0.15, -0.1) is 0 Å². The summed E-state index contributed by atoms with van der Waals surface area (Å²) < 4.78 is 13.7. The number of H-pyrrole nitrogens is 1. The van der Waals surface area contributed by atoms with E-state index in [2.05, 4.69) is 19.9 Å². The molecule has 2 aromatic heterocycles. The third-order valence-electron chi connectivity index (χ3n) is 5.57. The van der Waals surface area contributed by atoms with Crippen molar-refractivity contribution in [2.75, 3.05) is 26.5 Å². The Balaban J connectivity index is 1.41. The smallest absolute Gasteiger partial charge is 0.280 e. The van der Waals surface area contributed by atoms with E-state index in [1.165, 1.54) is 12.7 Å². The number of hydrogen-bond donors (Lipinski definition) is 2. The molecule has 11 nitrogen and oxygen atoms in total. The first-order valence-electron chi connectivity index (χ1n) is 10.3. The second-order valence-corrected chi connectivity index (χ2v) is 9.11. The number of nitrogens with zero attached hydrogens (tertiary/aromatic N) is 5. The Labute approximate surface area is 192 Å². The van der Waals surface area contributed by atoms with E-state index in [4.69, 9.17) is 9.47 Å². The molecule has 2 aliphatic heterocycles. The number of rotatable bonds is 6. The maximum absolute atomic E-state index is 12.6. The maximum Gasteiger partial charge on any atom is 0.280 e. The number of carbonyl (C=O) groups is 1. The van der Waals surface area contributed by atoms with E-state index in [1.807, 2.05) is 6.07 Å². The highest BCUT2D eigenvalue weighted by molar-refractivity contribution is 8.14. The van der Waals surface area contributed by atoms with E-state index in [9.17, 15) is 14.7 Å². The van der Waals surface area contributed by atoms with E-state index in [0.29, 0.717) is 5.56 Å². The summed E-state index contributed by atoms with van der Waals surface area (Å²) in [6.45, 7) is 0.156. The van der Waals surface area contributed by atoms with Gasteiger partial charge in [0, 0.05) is 25.4 Å². The number of carbonyl (C=O) groups excluding carboxylic acids is 1. The van der Waals surface area contributed by atoms with Crippen LogP contribution in [0.1, 0.15) is 16.6 Å². The standard InChI is InChI=1S/C21H22N6O5S/c1-26(2)10-23-20-24-16-13(17(29)25-20)22-11-27(16)18-14-15(28)21(32-18,8-31-14)9-33-19(30)12-6-4-3-5-7-12/h3-7,10-11,14-15,18,28H,8-9H2,1-2H3,(H,24,25,29). The number of nitrogens with one attached hydrogen (secondary N) is 1. The molecule has 2 fully saturated rings. The molecule has 5 rings (SSSR count). The SMILES string of the molecule is CN(C)C=Nc1nc2c(ncn2C2OC3(CSC(=O)c4ccccc4)COC2C3O)c(=O)[nH]1. The Morgan fingerprint density at radius 2 is 2.21 bits per heavy atom. The molecule has 0 amide bonds. The van der Waals surface area contributed by atoms with Crippen LogP contribution < -0.4 is 5.56 Å². The van der Waals surface area contributed by atoms with Crippen LogP contribution in [-0.2, 0) is 9.47 Å². The van der Waals surface area contributed by atoms with Crippen LogP contribution in [0.3, 0.4) is 0 Å². The van der Waals surface area contributed by atoms with Crippen LogP contribution >= 0.6 is 11.8 Å². The molecule has 12 heteroatoms. The van der Waals surface area contributed by atoms with Crippen molar-refractivity contribution in [2.45, 2.75) is 24.0 Å². The van der Waals surface area contributed by atoms with Crippen molar-refractivity contribution < 1.29 is 19.4 Å². The number of imidazole rings is 1. The quantitative estimate of drug-likeness (QED) is 0.399. The third kappa shape index (κ3) is 3.84. The van der Waals surface area contributed by atoms with Crippen molar-refractivity contribution in [1.29, 1.82) is 0 Å². The monoisotopic (exact) mass is 470 g/mol. The summed E-state index contributed by atoms with van der Waals surface area (Å²) in [7, 11) is 3.60. The predicted molar refractivity (Wildman–Crippen MR) is 122 cm³/mol. The Morgan fingerprint density at radius 3 is 2.97 bits per heavy atom. The van der Waals surface area contributed by atoms with E-state index in [0.717, 1.165) is 11.8 Å². The Bertz CT molecular complexity index is 1280. The molecule has 2 saturated heterocycles. The molecule has 2 bridgehead atoms. The largest absolute Gasteiger partial charge is 0.387 e. The molecule has 0 radical (unpaired) electrons. The van der Waals surface area contributed by atoms with Crippen molar-refractivity contribution in [2.24, 2.45) is 4.99 Å². The van der Waals surface area contributed by atoms with Gasteiger partial charge in [-0.1, -0.05) is 42.1 Å². The number of ether oxygens (including phenoxy) is 2. The second kappa shape index (κ2) is 8.37. The molecule has 172 valence electrons. The fourth-order valence-corrected chi connectivity index (χ4v) is 4.92. The summed E-state index contributed by atoms with van der Waals surface area (Å²) in [6.07, 6.45) is 0.547. The van der Waals surface area contributed by atoms with Crippen LogP contribution in [0.25, 0.3) is 11.2 Å². The van der Waals surface area contributed by atoms with Crippen LogP contribution in [0, 0.1) is 0 Å². The summed E-state index contributed by atoms with van der Waals surface area (Å²) >= 11 is 1.07. The highest BCUT2D eigenvalue weighted by atomic mass is 32.2. The fourth-order valence-electron chi connectivity index (χ4n) is 3.92. The van der Waals surface area contributed by atoms with Gasteiger partial charge in [-0.05, 0) is 0 Å². The molecule has 3 aromatic rings. The van der Waals surface area contributed by atoms with Crippen LogP contribution in [0.15, 0.2) is 46.4 Å². The number of benzene rings is 1. The Hall–Kier alpha value is -3.06. The van der Waals surface area contributed by atoms with Gasteiger partial charge >= 0.3 is 0 Å². The van der Waals surface area contributed by atoms with Crippen molar-refractivity contribution in [3.8, 4) is 0 Å². The van der Waals surface area contributed by atoms with Gasteiger partial charge in [0.05, 0.1) is 19.3 Å². The van der Waals surface area contributed by atoms with Crippen LogP contribution in [0.2, 0.25) is 0 Å². The molecule has 4 heterocycles. The average molecular weight is 471 g/mol. The van der Waals surface area contributed by atoms with Gasteiger partial charge in [-0.3, -0.25) is 19.1 Å². The number of aromatic nitrogens is 4. The van der Waals surface area contributed by atoms with Crippen molar-refractivity contribution >= 4 is 40.3 Å². The minimum atomic E-state index is -1.06. The highest BCUT2D eigenvalue weighted by Gasteiger charge is 2.62. The summed E-state index contributed by atoms with van der Waals surface area (Å²) in [5.74, 6) is 0.333. The fraction of sp³-hybridized carbons (Fsp3) is 0.381. The molecular formula is C21H22N6O5S. The highest BCUT2D eigenvalue weighted by Crippen LogP contribution is 2.47. The first kappa shape index (κ1) is 21.8. The number of aliphatic imine (C=N–C) groups is 1. The predicted octanol–water partition coefficient (Wildman–Crippen LogP) is 0.942. The summed E-state index contributed by atoms with van der Waals surface area (Å²) in [5, 5.41) is 10.8. The molecule has 4 unspecified atom stereocenters. The van der Waals surface area contributed by atoms with Crippen molar-refractivity contribution in [1.82, 2.24) is 24.4 Å². The first-order valence-corrected chi connectivity index (χ1v) is 11.2. The molecule has 0 aliphatic carbocycles. The average Bonchev–Trinajstić information content (AvgIpc) is 3.46. The molecular weight excluding hydrogens is 448 g/mol. The van der Waals surface area contributed by atoms with Gasteiger partial charge in [0.1, 0.15) is 17.8 Å². The second-order valence-electron chi connectivity index (χ2n) is 8.16.